The zero-order valence-electron chi connectivity index (χ0n) is 32.8. The van der Waals surface area contributed by atoms with Crippen molar-refractivity contribution < 1.29 is 0 Å². The van der Waals surface area contributed by atoms with E-state index in [9.17, 15) is 0 Å². The fourth-order valence-electron chi connectivity index (χ4n) is 13.7. The molecule has 4 aliphatic heterocycles. The monoisotopic (exact) mass is 615 g/mol. The highest BCUT2D eigenvalue weighted by Crippen LogP contribution is 2.66. The molecule has 258 valence electrons. The quantitative estimate of drug-likeness (QED) is 0.241. The number of hydrogen-bond acceptors (Lipinski definition) is 4. The topological polar surface area (TPSA) is 48.1 Å². The Balaban J connectivity index is 2.05. The molecule has 1 atom stereocenters. The molecule has 4 fully saturated rings. The second-order valence-corrected chi connectivity index (χ2v) is 22.1. The largest absolute Gasteiger partial charge is 0.307 e. The molecule has 0 spiro atoms. The molecule has 0 aromatic carbocycles. The van der Waals surface area contributed by atoms with Gasteiger partial charge < -0.3 is 21.3 Å². The molecule has 0 aliphatic carbocycles. The first-order chi connectivity index (χ1) is 19.5. The third kappa shape index (κ3) is 7.92. The third-order valence-corrected chi connectivity index (χ3v) is 12.6. The maximum atomic E-state index is 4.13. The molecule has 0 radical (unpaired) electrons. The van der Waals surface area contributed by atoms with Gasteiger partial charge in [-0.15, -0.1) is 0 Å². The van der Waals surface area contributed by atoms with Gasteiger partial charge in [0.15, 0.2) is 0 Å². The molecule has 4 N–H and O–H groups in total. The van der Waals surface area contributed by atoms with Crippen molar-refractivity contribution in [3.8, 4) is 0 Å². The fraction of sp³-hybridized carbons (Fsp3) is 1.00. The Labute approximate surface area is 275 Å². The lowest BCUT2D eigenvalue weighted by molar-refractivity contribution is -0.165. The summed E-state index contributed by atoms with van der Waals surface area (Å²) in [5, 5.41) is 16.5. The molecule has 4 rings (SSSR count). The highest BCUT2D eigenvalue weighted by molar-refractivity contribution is 5.16. The van der Waals surface area contributed by atoms with Gasteiger partial charge in [-0.05, 0) is 197 Å². The normalized spacial score (nSPS) is 32.7. The van der Waals surface area contributed by atoms with E-state index in [2.05, 4.69) is 139 Å². The van der Waals surface area contributed by atoms with Crippen molar-refractivity contribution in [2.75, 3.05) is 0 Å². The van der Waals surface area contributed by atoms with Gasteiger partial charge in [0.2, 0.25) is 0 Å². The summed E-state index contributed by atoms with van der Waals surface area (Å²) >= 11 is 0. The van der Waals surface area contributed by atoms with Crippen molar-refractivity contribution >= 4 is 0 Å². The first kappa shape index (κ1) is 36.7. The Morgan fingerprint density at radius 2 is 0.614 bits per heavy atom. The zero-order chi connectivity index (χ0) is 33.6. The summed E-state index contributed by atoms with van der Waals surface area (Å²) in [5.41, 5.74) is 1.30. The standard InChI is InChI=1S/C40H78N4/c1-18-31(27-19-32(2,3)41-33(4,5)20-27)40(28-21-34(6,7)42-35(8,9)22-28,29-23-36(10,11)43-37(12,13)24-29)30-25-38(14,15)44-39(16,17)26-30/h27-31,41-44H,18-26H2,1-17H3. The van der Waals surface area contributed by atoms with Crippen LogP contribution in [0.4, 0.5) is 0 Å². The van der Waals surface area contributed by atoms with E-state index in [-0.39, 0.29) is 49.7 Å². The van der Waals surface area contributed by atoms with E-state index >= 15 is 0 Å². The fourth-order valence-corrected chi connectivity index (χ4v) is 13.7. The molecule has 4 heteroatoms. The molecule has 0 saturated carbocycles. The van der Waals surface area contributed by atoms with Crippen LogP contribution in [0.5, 0.6) is 0 Å². The molecule has 0 aromatic rings. The lowest BCUT2D eigenvalue weighted by Crippen LogP contribution is -2.70. The summed E-state index contributed by atoms with van der Waals surface area (Å²) in [6, 6.07) is 0. The summed E-state index contributed by atoms with van der Waals surface area (Å²) in [6.07, 6.45) is 11.5. The number of nitrogens with one attached hydrogen (secondary N) is 4. The van der Waals surface area contributed by atoms with Crippen LogP contribution in [-0.2, 0) is 0 Å². The molecule has 4 saturated heterocycles. The van der Waals surface area contributed by atoms with Gasteiger partial charge in [-0.1, -0.05) is 13.3 Å². The minimum atomic E-state index is 0.124. The lowest BCUT2D eigenvalue weighted by atomic mass is 9.41. The van der Waals surface area contributed by atoms with Gasteiger partial charge in [0, 0.05) is 44.3 Å². The molecular weight excluding hydrogens is 536 g/mol. The van der Waals surface area contributed by atoms with Crippen LogP contribution < -0.4 is 21.3 Å². The summed E-state index contributed by atoms with van der Waals surface area (Å²) in [4.78, 5) is 0. The maximum absolute atomic E-state index is 4.13. The average molecular weight is 615 g/mol. The van der Waals surface area contributed by atoms with Crippen molar-refractivity contribution in [1.82, 2.24) is 21.3 Å². The highest BCUT2D eigenvalue weighted by atomic mass is 15.1. The van der Waals surface area contributed by atoms with Gasteiger partial charge in [0.25, 0.3) is 0 Å². The Morgan fingerprint density at radius 3 is 0.818 bits per heavy atom. The van der Waals surface area contributed by atoms with E-state index in [1.807, 2.05) is 0 Å². The Kier molecular flexibility index (Phi) is 9.33. The van der Waals surface area contributed by atoms with Crippen LogP contribution in [0, 0.1) is 35.0 Å². The van der Waals surface area contributed by atoms with Crippen LogP contribution in [0.1, 0.15) is 175 Å². The van der Waals surface area contributed by atoms with Crippen LogP contribution in [0.2, 0.25) is 0 Å². The van der Waals surface area contributed by atoms with Gasteiger partial charge >= 0.3 is 0 Å². The number of rotatable bonds is 6. The van der Waals surface area contributed by atoms with Crippen LogP contribution in [0.3, 0.4) is 0 Å². The van der Waals surface area contributed by atoms with Crippen LogP contribution in [-0.4, -0.2) is 44.3 Å². The van der Waals surface area contributed by atoms with E-state index in [1.54, 1.807) is 0 Å². The zero-order valence-corrected chi connectivity index (χ0v) is 32.8. The SMILES string of the molecule is CCC(C1CC(C)(C)NC(C)(C)C1)C(C1CC(C)(C)NC(C)(C)C1)(C1CC(C)(C)NC(C)(C)C1)C1CC(C)(C)NC(C)(C)C1. The van der Waals surface area contributed by atoms with Crippen LogP contribution >= 0.6 is 0 Å². The van der Waals surface area contributed by atoms with Gasteiger partial charge in [0.05, 0.1) is 0 Å². The van der Waals surface area contributed by atoms with E-state index in [1.165, 1.54) is 57.8 Å². The summed E-state index contributed by atoms with van der Waals surface area (Å²) in [7, 11) is 0. The van der Waals surface area contributed by atoms with Gasteiger partial charge in [-0.25, -0.2) is 0 Å². The van der Waals surface area contributed by atoms with Gasteiger partial charge in [-0.2, -0.15) is 0 Å². The van der Waals surface area contributed by atoms with Crippen molar-refractivity contribution in [3.05, 3.63) is 0 Å². The third-order valence-electron chi connectivity index (χ3n) is 12.6. The van der Waals surface area contributed by atoms with Gasteiger partial charge in [0.1, 0.15) is 0 Å². The molecule has 4 aliphatic rings. The molecular formula is C40H78N4. The first-order valence-corrected chi connectivity index (χ1v) is 18.7. The summed E-state index contributed by atoms with van der Waals surface area (Å²) in [6.45, 7) is 42.7. The predicted octanol–water partition coefficient (Wildman–Crippen LogP) is 9.23. The molecule has 1 unspecified atom stereocenters. The minimum absolute atomic E-state index is 0.124. The molecule has 0 aromatic heterocycles. The highest BCUT2D eigenvalue weighted by Gasteiger charge is 2.64. The molecule has 4 nitrogen and oxygen atoms in total. The molecule has 4 heterocycles. The molecule has 44 heavy (non-hydrogen) atoms. The Bertz CT molecular complexity index is 871. The first-order valence-electron chi connectivity index (χ1n) is 18.7. The summed E-state index contributed by atoms with van der Waals surface area (Å²) in [5.74, 6) is 3.47. The average Bonchev–Trinajstić information content (AvgIpc) is 2.68. The van der Waals surface area contributed by atoms with Crippen molar-refractivity contribution in [2.24, 2.45) is 35.0 Å². The molecule has 0 amide bonds. The number of piperidine rings is 4. The second kappa shape index (κ2) is 11.2. The predicted molar refractivity (Wildman–Crippen MR) is 192 cm³/mol. The van der Waals surface area contributed by atoms with Crippen molar-refractivity contribution in [1.29, 1.82) is 0 Å². The van der Waals surface area contributed by atoms with E-state index in [0.717, 1.165) is 5.92 Å². The van der Waals surface area contributed by atoms with Crippen molar-refractivity contribution in [2.45, 2.75) is 220 Å². The summed E-state index contributed by atoms with van der Waals surface area (Å²) < 4.78 is 0. The van der Waals surface area contributed by atoms with Crippen LogP contribution in [0.25, 0.3) is 0 Å². The Morgan fingerprint density at radius 1 is 0.409 bits per heavy atom. The van der Waals surface area contributed by atoms with Crippen LogP contribution in [0.15, 0.2) is 0 Å². The smallest absolute Gasteiger partial charge is 0.0132 e. The molecule has 0 bridgehead atoms. The lowest BCUT2D eigenvalue weighted by Gasteiger charge is -2.68. The maximum Gasteiger partial charge on any atom is 0.0132 e. The van der Waals surface area contributed by atoms with Gasteiger partial charge in [-0.3, -0.25) is 0 Å². The van der Waals surface area contributed by atoms with E-state index in [4.69, 9.17) is 0 Å². The van der Waals surface area contributed by atoms with Crippen molar-refractivity contribution in [3.63, 3.8) is 0 Å². The number of hydrogen-bond donors (Lipinski definition) is 4. The van der Waals surface area contributed by atoms with E-state index < -0.39 is 0 Å². The Hall–Kier alpha value is -0.160. The second-order valence-electron chi connectivity index (χ2n) is 22.1. The van der Waals surface area contributed by atoms with E-state index in [0.29, 0.717) is 23.7 Å². The minimum Gasteiger partial charge on any atom is -0.307 e.